The molecular formula is C26H29F5O. The molecule has 0 bridgehead atoms. The lowest BCUT2D eigenvalue weighted by atomic mass is 9.73. The van der Waals surface area contributed by atoms with Crippen LogP contribution < -0.4 is 4.74 Å². The van der Waals surface area contributed by atoms with Crippen LogP contribution in [0.5, 0.6) is 5.75 Å². The summed E-state index contributed by atoms with van der Waals surface area (Å²) in [4.78, 5) is 0. The maximum absolute atomic E-state index is 14.0. The molecule has 174 valence electrons. The summed E-state index contributed by atoms with van der Waals surface area (Å²) >= 11 is 0. The number of alkyl halides is 3. The molecule has 32 heavy (non-hydrogen) atoms. The van der Waals surface area contributed by atoms with Crippen LogP contribution in [0, 0.1) is 23.5 Å². The lowest BCUT2D eigenvalue weighted by molar-refractivity contribution is -0.276. The fourth-order valence-electron chi connectivity index (χ4n) is 5.56. The van der Waals surface area contributed by atoms with Crippen LogP contribution in [-0.4, -0.2) is 6.36 Å². The van der Waals surface area contributed by atoms with E-state index in [0.29, 0.717) is 17.9 Å². The van der Waals surface area contributed by atoms with E-state index in [2.05, 4.69) is 23.8 Å². The molecule has 0 saturated carbocycles. The van der Waals surface area contributed by atoms with E-state index >= 15 is 0 Å². The van der Waals surface area contributed by atoms with Crippen molar-refractivity contribution in [2.45, 2.75) is 77.5 Å². The fraction of sp³-hybridized carbons (Fsp3) is 0.538. The van der Waals surface area contributed by atoms with Gasteiger partial charge in [-0.15, -0.1) is 13.2 Å². The average Bonchev–Trinajstić information content (AvgIpc) is 2.74. The third-order valence-corrected chi connectivity index (χ3v) is 7.06. The van der Waals surface area contributed by atoms with Gasteiger partial charge in [0.15, 0.2) is 11.6 Å². The van der Waals surface area contributed by atoms with Gasteiger partial charge < -0.3 is 4.74 Å². The predicted octanol–water partition coefficient (Wildman–Crippen LogP) is 7.51. The van der Waals surface area contributed by atoms with E-state index in [4.69, 9.17) is 0 Å². The Morgan fingerprint density at radius 2 is 1.41 bits per heavy atom. The molecule has 2 unspecified atom stereocenters. The molecule has 2 atom stereocenters. The number of aryl methyl sites for hydroxylation is 1. The number of fused-ring (bicyclic) bond motifs is 3. The van der Waals surface area contributed by atoms with Crippen LogP contribution in [0.15, 0.2) is 24.3 Å². The standard InChI is InChI=1S/C26H29F5O/c1-2-3-16-6-10-21-19(12-16)8-9-20-13-17(7-11-22(20)21)4-5-18-14-23(27)25(24(28)15-18)32-26(29,30)31/h8-9,14-17H,2-7,10-13H2,1H3. The van der Waals surface area contributed by atoms with Crippen LogP contribution in [0.3, 0.4) is 0 Å². The molecule has 2 aliphatic carbocycles. The van der Waals surface area contributed by atoms with Gasteiger partial charge in [0, 0.05) is 0 Å². The molecule has 0 aliphatic heterocycles. The van der Waals surface area contributed by atoms with Crippen LogP contribution in [0.4, 0.5) is 22.0 Å². The third kappa shape index (κ3) is 5.26. The zero-order valence-corrected chi connectivity index (χ0v) is 18.3. The molecule has 2 aromatic rings. The first-order valence-corrected chi connectivity index (χ1v) is 11.6. The zero-order chi connectivity index (χ0) is 22.9. The molecule has 0 aromatic heterocycles. The molecule has 0 fully saturated rings. The highest BCUT2D eigenvalue weighted by atomic mass is 19.4. The average molecular weight is 453 g/mol. The Balaban J connectivity index is 1.39. The molecular weight excluding hydrogens is 423 g/mol. The van der Waals surface area contributed by atoms with Crippen LogP contribution in [0.1, 0.15) is 66.8 Å². The monoisotopic (exact) mass is 452 g/mol. The molecule has 0 spiro atoms. The molecule has 0 heterocycles. The minimum atomic E-state index is -5.13. The molecule has 1 nitrogen and oxygen atoms in total. The van der Waals surface area contributed by atoms with Crippen LogP contribution >= 0.6 is 0 Å². The maximum atomic E-state index is 14.0. The van der Waals surface area contributed by atoms with E-state index < -0.39 is 23.7 Å². The number of hydrogen-bond donors (Lipinski definition) is 0. The minimum absolute atomic E-state index is 0.354. The first-order valence-electron chi connectivity index (χ1n) is 11.6. The predicted molar refractivity (Wildman–Crippen MR) is 114 cm³/mol. The smallest absolute Gasteiger partial charge is 0.399 e. The lowest BCUT2D eigenvalue weighted by Crippen LogP contribution is -2.21. The van der Waals surface area contributed by atoms with Crippen molar-refractivity contribution in [2.24, 2.45) is 11.8 Å². The number of halogens is 5. The van der Waals surface area contributed by atoms with E-state index in [1.807, 2.05) is 0 Å². The van der Waals surface area contributed by atoms with Gasteiger partial charge in [0.05, 0.1) is 0 Å². The molecule has 0 amide bonds. The van der Waals surface area contributed by atoms with E-state index in [1.165, 1.54) is 48.8 Å². The lowest BCUT2D eigenvalue weighted by Gasteiger charge is -2.32. The van der Waals surface area contributed by atoms with Gasteiger partial charge in [0.1, 0.15) is 0 Å². The summed E-state index contributed by atoms with van der Waals surface area (Å²) in [6.45, 7) is 2.25. The van der Waals surface area contributed by atoms with Gasteiger partial charge in [-0.25, -0.2) is 8.78 Å². The Morgan fingerprint density at radius 1 is 0.875 bits per heavy atom. The van der Waals surface area contributed by atoms with Crippen LogP contribution in [0.2, 0.25) is 0 Å². The molecule has 2 aliphatic rings. The van der Waals surface area contributed by atoms with Crippen LogP contribution in [0.25, 0.3) is 0 Å². The van der Waals surface area contributed by atoms with E-state index in [1.54, 1.807) is 5.56 Å². The molecule has 6 heteroatoms. The summed E-state index contributed by atoms with van der Waals surface area (Å²) in [5, 5.41) is 0. The Hall–Kier alpha value is -2.11. The van der Waals surface area contributed by atoms with Gasteiger partial charge in [-0.2, -0.15) is 0 Å². The largest absolute Gasteiger partial charge is 0.573 e. The molecule has 0 radical (unpaired) electrons. The van der Waals surface area contributed by atoms with Crippen molar-refractivity contribution in [1.82, 2.24) is 0 Å². The molecule has 0 N–H and O–H groups in total. The Kier molecular flexibility index (Phi) is 6.78. The molecule has 4 rings (SSSR count). The summed E-state index contributed by atoms with van der Waals surface area (Å²) < 4.78 is 68.4. The fourth-order valence-corrected chi connectivity index (χ4v) is 5.56. The van der Waals surface area contributed by atoms with Crippen molar-refractivity contribution in [3.8, 4) is 5.75 Å². The minimum Gasteiger partial charge on any atom is -0.399 e. The highest BCUT2D eigenvalue weighted by Gasteiger charge is 2.34. The van der Waals surface area contributed by atoms with Gasteiger partial charge in [-0.1, -0.05) is 31.9 Å². The van der Waals surface area contributed by atoms with Crippen molar-refractivity contribution < 1.29 is 26.7 Å². The SMILES string of the molecule is CCCC1CCc2c(ccc3c2CCC(CCc2cc(F)c(OC(F)(F)F)c(F)c2)C3)C1. The number of rotatable bonds is 6. The highest BCUT2D eigenvalue weighted by Crippen LogP contribution is 2.37. The van der Waals surface area contributed by atoms with Crippen molar-refractivity contribution >= 4 is 0 Å². The second kappa shape index (κ2) is 9.40. The Bertz CT molecular complexity index is 942. The zero-order valence-electron chi connectivity index (χ0n) is 18.3. The van der Waals surface area contributed by atoms with Crippen molar-refractivity contribution in [2.75, 3.05) is 0 Å². The summed E-state index contributed by atoms with van der Waals surface area (Å²) in [5.41, 5.74) is 6.32. The van der Waals surface area contributed by atoms with Crippen molar-refractivity contribution in [3.05, 3.63) is 63.7 Å². The summed E-state index contributed by atoms with van der Waals surface area (Å²) in [7, 11) is 0. The summed E-state index contributed by atoms with van der Waals surface area (Å²) in [5.74, 6) is -2.83. The number of benzene rings is 2. The van der Waals surface area contributed by atoms with E-state index in [9.17, 15) is 22.0 Å². The Labute approximate surface area is 186 Å². The normalized spacial score (nSPS) is 20.6. The number of hydrogen-bond acceptors (Lipinski definition) is 1. The van der Waals surface area contributed by atoms with Gasteiger partial charge in [-0.05, 0) is 103 Å². The van der Waals surface area contributed by atoms with Crippen molar-refractivity contribution in [1.29, 1.82) is 0 Å². The summed E-state index contributed by atoms with van der Waals surface area (Å²) in [6.07, 6.45) is 5.19. The van der Waals surface area contributed by atoms with E-state index in [-0.39, 0.29) is 0 Å². The van der Waals surface area contributed by atoms with E-state index in [0.717, 1.165) is 43.7 Å². The molecule has 2 aromatic carbocycles. The number of ether oxygens (including phenoxy) is 1. The van der Waals surface area contributed by atoms with Gasteiger partial charge in [-0.3, -0.25) is 0 Å². The topological polar surface area (TPSA) is 9.23 Å². The van der Waals surface area contributed by atoms with Gasteiger partial charge in [0.25, 0.3) is 0 Å². The van der Waals surface area contributed by atoms with Crippen LogP contribution in [-0.2, 0) is 32.1 Å². The van der Waals surface area contributed by atoms with Gasteiger partial charge in [0.2, 0.25) is 5.75 Å². The maximum Gasteiger partial charge on any atom is 0.573 e. The molecule has 0 saturated heterocycles. The van der Waals surface area contributed by atoms with Gasteiger partial charge >= 0.3 is 6.36 Å². The second-order valence-electron chi connectivity index (χ2n) is 9.32. The summed E-state index contributed by atoms with van der Waals surface area (Å²) in [6, 6.07) is 6.45. The highest BCUT2D eigenvalue weighted by molar-refractivity contribution is 5.44. The second-order valence-corrected chi connectivity index (χ2v) is 9.32. The quantitative estimate of drug-likeness (QED) is 0.412. The Morgan fingerprint density at radius 3 is 1.91 bits per heavy atom. The third-order valence-electron chi connectivity index (χ3n) is 7.06. The first-order chi connectivity index (χ1) is 15.2. The first kappa shape index (κ1) is 23.1. The van der Waals surface area contributed by atoms with Crippen molar-refractivity contribution in [3.63, 3.8) is 0 Å².